The Morgan fingerprint density at radius 1 is 0.921 bits per heavy atom. The number of nitrogens with zero attached hydrogens (tertiary/aromatic N) is 6. The summed E-state index contributed by atoms with van der Waals surface area (Å²) in [6, 6.07) is 20.3. The van der Waals surface area contributed by atoms with E-state index in [1.54, 1.807) is 0 Å². The maximum atomic E-state index is 13.6. The third-order valence-electron chi connectivity index (χ3n) is 7.34. The van der Waals surface area contributed by atoms with Crippen LogP contribution in [0.5, 0.6) is 0 Å². The molecule has 0 spiro atoms. The van der Waals surface area contributed by atoms with Crippen LogP contribution in [0.1, 0.15) is 56.6 Å². The summed E-state index contributed by atoms with van der Waals surface area (Å²) in [5.41, 5.74) is 3.86. The molecular weight excluding hydrogens is 472 g/mol. The summed E-state index contributed by atoms with van der Waals surface area (Å²) in [5.74, 6) is 2.34. The van der Waals surface area contributed by atoms with Gasteiger partial charge in [0.15, 0.2) is 5.65 Å². The summed E-state index contributed by atoms with van der Waals surface area (Å²) >= 11 is 0. The zero-order chi connectivity index (χ0) is 26.6. The van der Waals surface area contributed by atoms with Gasteiger partial charge in [-0.15, -0.1) is 0 Å². The second-order valence-corrected chi connectivity index (χ2v) is 10.6. The standard InChI is InChI=1S/C31H38N6O/c1-5-26(24-13-8-6-9-14-24)31(38)36-18-12-17-35(19-20-36)29-28-23(4)34-37(25-15-10-7-11-16-25)30(28)33-27(32-29)21-22(2)3/h6-11,13-16,22,26H,5,12,17-21H2,1-4H3. The summed E-state index contributed by atoms with van der Waals surface area (Å²) in [6.07, 6.45) is 2.50. The third kappa shape index (κ3) is 5.28. The molecule has 0 bridgehead atoms. The van der Waals surface area contributed by atoms with Crippen LogP contribution < -0.4 is 4.90 Å². The van der Waals surface area contributed by atoms with E-state index in [1.807, 2.05) is 48.0 Å². The topological polar surface area (TPSA) is 67.2 Å². The molecule has 5 rings (SSSR count). The first kappa shape index (κ1) is 25.9. The fourth-order valence-corrected chi connectivity index (χ4v) is 5.45. The van der Waals surface area contributed by atoms with E-state index in [0.717, 1.165) is 78.5 Å². The highest BCUT2D eigenvalue weighted by molar-refractivity contribution is 5.91. The number of amides is 1. The summed E-state index contributed by atoms with van der Waals surface area (Å²) < 4.78 is 1.94. The summed E-state index contributed by atoms with van der Waals surface area (Å²) in [5, 5.41) is 5.89. The van der Waals surface area contributed by atoms with Gasteiger partial charge in [-0.3, -0.25) is 4.79 Å². The highest BCUT2D eigenvalue weighted by Gasteiger charge is 2.28. The Kier molecular flexibility index (Phi) is 7.72. The molecule has 2 aromatic carbocycles. The van der Waals surface area contributed by atoms with Crippen LogP contribution in [0.25, 0.3) is 16.7 Å². The summed E-state index contributed by atoms with van der Waals surface area (Å²) in [6.45, 7) is 11.5. The molecule has 1 amide bonds. The van der Waals surface area contributed by atoms with Gasteiger partial charge in [-0.1, -0.05) is 69.3 Å². The highest BCUT2D eigenvalue weighted by atomic mass is 16.2. The zero-order valence-corrected chi connectivity index (χ0v) is 23.0. The fraction of sp³-hybridized carbons (Fsp3) is 0.419. The lowest BCUT2D eigenvalue weighted by atomic mass is 9.95. The second-order valence-electron chi connectivity index (χ2n) is 10.6. The van der Waals surface area contributed by atoms with Crippen molar-refractivity contribution in [3.63, 3.8) is 0 Å². The molecule has 1 fully saturated rings. The van der Waals surface area contributed by atoms with Crippen molar-refractivity contribution in [2.24, 2.45) is 5.92 Å². The van der Waals surface area contributed by atoms with Crippen LogP contribution in [-0.4, -0.2) is 56.7 Å². The van der Waals surface area contributed by atoms with Crippen molar-refractivity contribution in [3.8, 4) is 5.69 Å². The van der Waals surface area contributed by atoms with Gasteiger partial charge in [-0.2, -0.15) is 5.10 Å². The number of benzene rings is 2. The maximum Gasteiger partial charge on any atom is 0.230 e. The van der Waals surface area contributed by atoms with E-state index in [1.165, 1.54) is 0 Å². The van der Waals surface area contributed by atoms with E-state index in [-0.39, 0.29) is 11.8 Å². The highest BCUT2D eigenvalue weighted by Crippen LogP contribution is 2.31. The van der Waals surface area contributed by atoms with Crippen molar-refractivity contribution in [3.05, 3.63) is 77.7 Å². The average Bonchev–Trinajstić information content (AvgIpc) is 3.09. The van der Waals surface area contributed by atoms with Gasteiger partial charge >= 0.3 is 0 Å². The number of hydrogen-bond donors (Lipinski definition) is 0. The van der Waals surface area contributed by atoms with Crippen molar-refractivity contribution < 1.29 is 4.79 Å². The lowest BCUT2D eigenvalue weighted by molar-refractivity contribution is -0.132. The lowest BCUT2D eigenvalue weighted by Crippen LogP contribution is -2.38. The number of aryl methyl sites for hydroxylation is 1. The molecule has 0 N–H and O–H groups in total. The van der Waals surface area contributed by atoms with Crippen molar-refractivity contribution in [2.45, 2.75) is 52.9 Å². The minimum Gasteiger partial charge on any atom is -0.354 e. The monoisotopic (exact) mass is 510 g/mol. The van der Waals surface area contributed by atoms with E-state index < -0.39 is 0 Å². The van der Waals surface area contributed by atoms with Gasteiger partial charge in [0.25, 0.3) is 0 Å². The van der Waals surface area contributed by atoms with E-state index >= 15 is 0 Å². The van der Waals surface area contributed by atoms with Crippen LogP contribution in [-0.2, 0) is 11.2 Å². The minimum atomic E-state index is -0.0995. The summed E-state index contributed by atoms with van der Waals surface area (Å²) in [7, 11) is 0. The van der Waals surface area contributed by atoms with Gasteiger partial charge in [-0.25, -0.2) is 14.6 Å². The molecule has 3 heterocycles. The van der Waals surface area contributed by atoms with E-state index in [2.05, 4.69) is 54.8 Å². The zero-order valence-electron chi connectivity index (χ0n) is 23.0. The van der Waals surface area contributed by atoms with Gasteiger partial charge in [0, 0.05) is 32.6 Å². The van der Waals surface area contributed by atoms with Crippen LogP contribution in [0.15, 0.2) is 60.7 Å². The fourth-order valence-electron chi connectivity index (χ4n) is 5.45. The van der Waals surface area contributed by atoms with Gasteiger partial charge in [0.05, 0.1) is 22.7 Å². The Hall–Kier alpha value is -3.74. The molecule has 1 atom stereocenters. The molecule has 4 aromatic rings. The second kappa shape index (κ2) is 11.3. The number of rotatable bonds is 7. The van der Waals surface area contributed by atoms with Crippen molar-refractivity contribution in [2.75, 3.05) is 31.1 Å². The average molecular weight is 511 g/mol. The van der Waals surface area contributed by atoms with Crippen LogP contribution >= 0.6 is 0 Å². The molecule has 38 heavy (non-hydrogen) atoms. The number of fused-ring (bicyclic) bond motifs is 1. The first-order chi connectivity index (χ1) is 18.5. The Balaban J connectivity index is 1.47. The molecule has 1 saturated heterocycles. The molecule has 7 heteroatoms. The number of aromatic nitrogens is 4. The normalized spacial score (nSPS) is 15.2. The number of carbonyl (C=O) groups excluding carboxylic acids is 1. The maximum absolute atomic E-state index is 13.6. The number of hydrogen-bond acceptors (Lipinski definition) is 5. The third-order valence-corrected chi connectivity index (χ3v) is 7.34. The van der Waals surface area contributed by atoms with Crippen molar-refractivity contribution >= 4 is 22.8 Å². The molecule has 198 valence electrons. The molecule has 0 saturated carbocycles. The Morgan fingerprint density at radius 3 is 2.32 bits per heavy atom. The van der Waals surface area contributed by atoms with E-state index in [0.29, 0.717) is 12.5 Å². The minimum absolute atomic E-state index is 0.0995. The van der Waals surface area contributed by atoms with Crippen LogP contribution in [0.2, 0.25) is 0 Å². The van der Waals surface area contributed by atoms with Gasteiger partial charge in [-0.05, 0) is 43.4 Å². The largest absolute Gasteiger partial charge is 0.354 e. The van der Waals surface area contributed by atoms with Crippen LogP contribution in [0.3, 0.4) is 0 Å². The van der Waals surface area contributed by atoms with E-state index in [9.17, 15) is 4.79 Å². The predicted octanol–water partition coefficient (Wildman–Crippen LogP) is 5.55. The number of carbonyl (C=O) groups is 1. The van der Waals surface area contributed by atoms with Crippen LogP contribution in [0, 0.1) is 12.8 Å². The molecule has 1 aliphatic heterocycles. The molecule has 1 unspecified atom stereocenters. The molecular formula is C31H38N6O. The molecule has 2 aromatic heterocycles. The molecule has 7 nitrogen and oxygen atoms in total. The Bertz CT molecular complexity index is 1380. The van der Waals surface area contributed by atoms with Gasteiger partial charge in [0.2, 0.25) is 5.91 Å². The Morgan fingerprint density at radius 2 is 1.63 bits per heavy atom. The van der Waals surface area contributed by atoms with Gasteiger partial charge < -0.3 is 9.80 Å². The van der Waals surface area contributed by atoms with Crippen molar-refractivity contribution in [1.29, 1.82) is 0 Å². The van der Waals surface area contributed by atoms with Crippen LogP contribution in [0.4, 0.5) is 5.82 Å². The van der Waals surface area contributed by atoms with E-state index in [4.69, 9.17) is 15.1 Å². The quantitative estimate of drug-likeness (QED) is 0.326. The predicted molar refractivity (Wildman–Crippen MR) is 153 cm³/mol. The summed E-state index contributed by atoms with van der Waals surface area (Å²) in [4.78, 5) is 28.1. The lowest BCUT2D eigenvalue weighted by Gasteiger charge is -2.27. The van der Waals surface area contributed by atoms with Crippen molar-refractivity contribution in [1.82, 2.24) is 24.6 Å². The number of para-hydroxylation sites is 1. The SMILES string of the molecule is CCC(C(=O)N1CCCN(c2nc(CC(C)C)nc3c2c(C)nn3-c2ccccc2)CC1)c1ccccc1. The first-order valence-electron chi connectivity index (χ1n) is 13.9. The number of anilines is 1. The smallest absolute Gasteiger partial charge is 0.230 e. The first-order valence-corrected chi connectivity index (χ1v) is 13.9. The molecule has 1 aliphatic rings. The molecule has 0 aliphatic carbocycles. The van der Waals surface area contributed by atoms with Gasteiger partial charge in [0.1, 0.15) is 11.6 Å². The molecule has 0 radical (unpaired) electrons. The Labute approximate surface area is 225 Å².